The van der Waals surface area contributed by atoms with E-state index in [0.717, 1.165) is 4.90 Å². The lowest BCUT2D eigenvalue weighted by molar-refractivity contribution is -0.383. The van der Waals surface area contributed by atoms with E-state index in [-0.39, 0.29) is 27.7 Å². The van der Waals surface area contributed by atoms with Crippen LogP contribution in [0.25, 0.3) is 11.0 Å². The summed E-state index contributed by atoms with van der Waals surface area (Å²) >= 11 is 12.9. The van der Waals surface area contributed by atoms with Crippen LogP contribution >= 0.6 is 35.0 Å². The van der Waals surface area contributed by atoms with Gasteiger partial charge in [0.05, 0.1) is 4.92 Å². The van der Waals surface area contributed by atoms with E-state index in [1.807, 2.05) is 18.2 Å². The topological polar surface area (TPSA) is 133 Å². The molecule has 13 heteroatoms. The molecule has 0 saturated carbocycles. The summed E-state index contributed by atoms with van der Waals surface area (Å²) in [5, 5.41) is 21.4. The van der Waals surface area contributed by atoms with Crippen LogP contribution in [0.4, 0.5) is 17.3 Å². The Hall–Kier alpha value is -3.02. The molecule has 0 aliphatic rings. The molecule has 2 aromatic heterocycles. The van der Waals surface area contributed by atoms with Crippen LogP contribution in [0.15, 0.2) is 50.8 Å². The first-order chi connectivity index (χ1) is 13.5. The predicted octanol–water partition coefficient (Wildman–Crippen LogP) is 4.52. The number of hydrogen-bond donors (Lipinski definition) is 1. The van der Waals surface area contributed by atoms with Crippen LogP contribution in [0, 0.1) is 10.1 Å². The van der Waals surface area contributed by atoms with Gasteiger partial charge in [0, 0.05) is 21.5 Å². The maximum atomic E-state index is 11.1. The summed E-state index contributed by atoms with van der Waals surface area (Å²) in [6.07, 6.45) is 0. The molecular weight excluding hydrogens is 429 g/mol. The fourth-order valence-electron chi connectivity index (χ4n) is 2.34. The highest BCUT2D eigenvalue weighted by atomic mass is 35.5. The van der Waals surface area contributed by atoms with Crippen LogP contribution in [0.1, 0.15) is 0 Å². The number of hydrogen-bond acceptors (Lipinski definition) is 10. The first kappa shape index (κ1) is 18.3. The molecule has 4 rings (SSSR count). The van der Waals surface area contributed by atoms with Crippen molar-refractivity contribution in [3.05, 3.63) is 57.1 Å². The first-order valence-corrected chi connectivity index (χ1v) is 9.08. The van der Waals surface area contributed by atoms with Gasteiger partial charge in [0.1, 0.15) is 0 Å². The number of aromatic nitrogens is 5. The number of nitrogens with zero attached hydrogens (tertiary/aromatic N) is 6. The highest BCUT2D eigenvalue weighted by Gasteiger charge is 2.20. The van der Waals surface area contributed by atoms with Crippen molar-refractivity contribution in [2.24, 2.45) is 0 Å². The molecule has 0 unspecified atom stereocenters. The van der Waals surface area contributed by atoms with Crippen LogP contribution in [-0.2, 0) is 0 Å². The molecule has 0 fully saturated rings. The van der Waals surface area contributed by atoms with Crippen molar-refractivity contribution < 1.29 is 9.55 Å². The quantitative estimate of drug-likeness (QED) is 0.352. The minimum atomic E-state index is -0.531. The first-order valence-electron chi connectivity index (χ1n) is 7.51. The molecule has 28 heavy (non-hydrogen) atoms. The van der Waals surface area contributed by atoms with E-state index in [1.54, 1.807) is 12.1 Å². The van der Waals surface area contributed by atoms with E-state index < -0.39 is 4.92 Å². The minimum absolute atomic E-state index is 0.0279. The number of halogens is 2. The molecule has 4 aromatic rings. The van der Waals surface area contributed by atoms with Crippen molar-refractivity contribution in [1.82, 2.24) is 25.3 Å². The Labute approximate surface area is 170 Å². The van der Waals surface area contributed by atoms with E-state index >= 15 is 0 Å². The number of nitrogens with one attached hydrogen (secondary N) is 1. The molecule has 0 aliphatic heterocycles. The molecule has 0 amide bonds. The van der Waals surface area contributed by atoms with Gasteiger partial charge in [-0.1, -0.05) is 17.8 Å². The summed E-state index contributed by atoms with van der Waals surface area (Å²) in [6.45, 7) is 0. The molecule has 10 nitrogen and oxygen atoms in total. The van der Waals surface area contributed by atoms with Crippen molar-refractivity contribution in [2.45, 2.75) is 9.79 Å². The molecule has 0 atom stereocenters. The fourth-order valence-corrected chi connectivity index (χ4v) is 3.65. The maximum absolute atomic E-state index is 11.1. The molecule has 2 heterocycles. The third kappa shape index (κ3) is 3.81. The van der Waals surface area contributed by atoms with Crippen molar-refractivity contribution in [1.29, 1.82) is 0 Å². The Morgan fingerprint density at radius 1 is 1.04 bits per heavy atom. The summed E-state index contributed by atoms with van der Waals surface area (Å²) in [4.78, 5) is 23.6. The Morgan fingerprint density at radius 2 is 1.79 bits per heavy atom. The van der Waals surface area contributed by atoms with Gasteiger partial charge in [0.25, 0.3) is 0 Å². The normalized spacial score (nSPS) is 10.9. The average Bonchev–Trinajstić information content (AvgIpc) is 3.11. The predicted molar refractivity (Wildman–Crippen MR) is 102 cm³/mol. The van der Waals surface area contributed by atoms with E-state index in [9.17, 15) is 10.1 Å². The molecule has 0 saturated heterocycles. The van der Waals surface area contributed by atoms with E-state index in [4.69, 9.17) is 23.2 Å². The SMILES string of the molecule is O=[N+]([O-])c1ccc(Sc2cccc(Nc3nc(Cl)nc(Cl)n3)c2)c2nonc12. The Bertz CT molecular complexity index is 1180. The zero-order valence-electron chi connectivity index (χ0n) is 13.5. The summed E-state index contributed by atoms with van der Waals surface area (Å²) < 4.78 is 4.68. The number of rotatable bonds is 5. The van der Waals surface area contributed by atoms with Gasteiger partial charge in [-0.2, -0.15) is 15.0 Å². The molecule has 2 aromatic carbocycles. The number of fused-ring (bicyclic) bond motifs is 1. The van der Waals surface area contributed by atoms with Crippen molar-refractivity contribution in [3.8, 4) is 0 Å². The van der Waals surface area contributed by atoms with Crippen LogP contribution in [-0.4, -0.2) is 30.2 Å². The molecule has 0 spiro atoms. The smallest absolute Gasteiger partial charge is 0.300 e. The summed E-state index contributed by atoms with van der Waals surface area (Å²) in [6, 6.07) is 10.3. The van der Waals surface area contributed by atoms with Gasteiger partial charge < -0.3 is 5.32 Å². The molecule has 0 bridgehead atoms. The number of nitro groups is 1. The fraction of sp³-hybridized carbons (Fsp3) is 0. The van der Waals surface area contributed by atoms with Gasteiger partial charge >= 0.3 is 5.69 Å². The van der Waals surface area contributed by atoms with Crippen LogP contribution < -0.4 is 5.32 Å². The van der Waals surface area contributed by atoms with Gasteiger partial charge in [0.15, 0.2) is 5.52 Å². The van der Waals surface area contributed by atoms with E-state index in [0.29, 0.717) is 16.1 Å². The second-order valence-electron chi connectivity index (χ2n) is 5.25. The summed E-state index contributed by atoms with van der Waals surface area (Å²) in [5.41, 5.74) is 0.923. The molecule has 140 valence electrons. The lowest BCUT2D eigenvalue weighted by Crippen LogP contribution is -1.99. The van der Waals surface area contributed by atoms with E-state index in [2.05, 4.69) is 35.2 Å². The number of anilines is 2. The number of nitro benzene ring substituents is 1. The molecular formula is C15H7Cl2N7O3S. The minimum Gasteiger partial charge on any atom is -0.324 e. The Balaban J connectivity index is 1.62. The van der Waals surface area contributed by atoms with Gasteiger partial charge in [-0.15, -0.1) is 0 Å². The summed E-state index contributed by atoms with van der Waals surface area (Å²) in [7, 11) is 0. The third-order valence-corrected chi connectivity index (χ3v) is 4.83. The van der Waals surface area contributed by atoms with Gasteiger partial charge in [0.2, 0.25) is 22.0 Å². The van der Waals surface area contributed by atoms with Crippen LogP contribution in [0.3, 0.4) is 0 Å². The van der Waals surface area contributed by atoms with Crippen molar-refractivity contribution in [2.75, 3.05) is 5.32 Å². The van der Waals surface area contributed by atoms with Crippen LogP contribution in [0.5, 0.6) is 0 Å². The monoisotopic (exact) mass is 435 g/mol. The highest BCUT2D eigenvalue weighted by Crippen LogP contribution is 2.36. The lowest BCUT2D eigenvalue weighted by Gasteiger charge is -2.07. The number of benzene rings is 2. The van der Waals surface area contributed by atoms with Gasteiger partial charge in [-0.05, 0) is 57.8 Å². The Kier molecular flexibility index (Phi) is 4.94. The average molecular weight is 436 g/mol. The second kappa shape index (κ2) is 7.54. The summed E-state index contributed by atoms with van der Waals surface area (Å²) in [5.74, 6) is 0.200. The second-order valence-corrected chi connectivity index (χ2v) is 7.04. The zero-order chi connectivity index (χ0) is 19.7. The van der Waals surface area contributed by atoms with Crippen molar-refractivity contribution >= 4 is 63.3 Å². The maximum Gasteiger partial charge on any atom is 0.300 e. The van der Waals surface area contributed by atoms with Crippen molar-refractivity contribution in [3.63, 3.8) is 0 Å². The number of non-ortho nitro benzene ring substituents is 1. The molecule has 1 N–H and O–H groups in total. The Morgan fingerprint density at radius 3 is 2.54 bits per heavy atom. The molecule has 0 aliphatic carbocycles. The lowest BCUT2D eigenvalue weighted by atomic mass is 10.3. The highest BCUT2D eigenvalue weighted by molar-refractivity contribution is 7.99. The van der Waals surface area contributed by atoms with E-state index in [1.165, 1.54) is 17.8 Å². The molecule has 0 radical (unpaired) electrons. The third-order valence-electron chi connectivity index (χ3n) is 3.45. The zero-order valence-corrected chi connectivity index (χ0v) is 15.9. The largest absolute Gasteiger partial charge is 0.324 e. The van der Waals surface area contributed by atoms with Gasteiger partial charge in [-0.25, -0.2) is 4.63 Å². The van der Waals surface area contributed by atoms with Crippen LogP contribution in [0.2, 0.25) is 10.6 Å². The standard InChI is InChI=1S/C15H7Cl2N7O3S/c16-13-19-14(17)21-15(20-13)18-7-2-1-3-8(6-7)28-10-5-4-9(24(25)26)11-12(10)23-27-22-11/h1-6H,(H,18,19,20,21). The van der Waals surface area contributed by atoms with Gasteiger partial charge in [-0.3, -0.25) is 10.1 Å².